The van der Waals surface area contributed by atoms with Gasteiger partial charge in [0.05, 0.1) is 17.4 Å². The van der Waals surface area contributed by atoms with Gasteiger partial charge in [0.1, 0.15) is 11.4 Å². The third-order valence-electron chi connectivity index (χ3n) is 4.20. The summed E-state index contributed by atoms with van der Waals surface area (Å²) in [5.41, 5.74) is -0.0985. The molecule has 2 N–H and O–H groups in total. The number of phenols is 1. The number of benzene rings is 1. The van der Waals surface area contributed by atoms with E-state index in [0.717, 1.165) is 31.9 Å². The fourth-order valence-electron chi connectivity index (χ4n) is 2.81. The van der Waals surface area contributed by atoms with Crippen molar-refractivity contribution in [2.45, 2.75) is 38.5 Å². The lowest BCUT2D eigenvalue weighted by molar-refractivity contribution is -0.137. The second-order valence-electron chi connectivity index (χ2n) is 6.17. The molecule has 0 radical (unpaired) electrons. The van der Waals surface area contributed by atoms with Crippen LogP contribution in [-0.2, 0) is 10.9 Å². The number of anilines is 1. The SMILES string of the molecule is Cc1nc(NCC2CCCCO2)nnc1-c1ccc(C(F)(F)F)cc1O. The van der Waals surface area contributed by atoms with Gasteiger partial charge < -0.3 is 15.2 Å². The molecule has 1 aliphatic rings. The quantitative estimate of drug-likeness (QED) is 0.859. The van der Waals surface area contributed by atoms with Crippen LogP contribution in [-0.4, -0.2) is 39.5 Å². The van der Waals surface area contributed by atoms with Crippen LogP contribution in [0.3, 0.4) is 0 Å². The highest BCUT2D eigenvalue weighted by atomic mass is 19.4. The number of nitrogens with one attached hydrogen (secondary N) is 1. The molecule has 1 aromatic heterocycles. The summed E-state index contributed by atoms with van der Waals surface area (Å²) in [7, 11) is 0. The Bertz CT molecular complexity index is 777. The van der Waals surface area contributed by atoms with Crippen molar-refractivity contribution in [2.24, 2.45) is 0 Å². The van der Waals surface area contributed by atoms with Crippen molar-refractivity contribution in [2.75, 3.05) is 18.5 Å². The van der Waals surface area contributed by atoms with Crippen molar-refractivity contribution in [3.63, 3.8) is 0 Å². The van der Waals surface area contributed by atoms with Crippen LogP contribution in [0.5, 0.6) is 5.75 Å². The zero-order chi connectivity index (χ0) is 18.7. The van der Waals surface area contributed by atoms with Crippen LogP contribution in [0.2, 0.25) is 0 Å². The maximum absolute atomic E-state index is 12.7. The van der Waals surface area contributed by atoms with E-state index in [-0.39, 0.29) is 17.4 Å². The first-order valence-electron chi connectivity index (χ1n) is 8.32. The number of alkyl halides is 3. The molecule has 6 nitrogen and oxygen atoms in total. The maximum atomic E-state index is 12.7. The monoisotopic (exact) mass is 368 g/mol. The summed E-state index contributed by atoms with van der Waals surface area (Å²) in [5.74, 6) is -0.206. The van der Waals surface area contributed by atoms with Gasteiger partial charge in [-0.05, 0) is 44.4 Å². The Labute approximate surface area is 148 Å². The molecule has 1 fully saturated rings. The standard InChI is InChI=1S/C17H19F3N4O2/c1-10-15(13-6-5-11(8-14(13)25)17(18,19)20)23-24-16(22-10)21-9-12-4-2-3-7-26-12/h5-6,8,12,25H,2-4,7,9H2,1H3,(H,21,22,24). The third-order valence-corrected chi connectivity index (χ3v) is 4.20. The van der Waals surface area contributed by atoms with Gasteiger partial charge in [-0.1, -0.05) is 0 Å². The highest BCUT2D eigenvalue weighted by Gasteiger charge is 2.31. The Morgan fingerprint density at radius 3 is 2.69 bits per heavy atom. The first-order chi connectivity index (χ1) is 12.3. The van der Waals surface area contributed by atoms with Gasteiger partial charge in [0.2, 0.25) is 5.95 Å². The largest absolute Gasteiger partial charge is 0.507 e. The second kappa shape index (κ2) is 7.45. The number of hydrogen-bond acceptors (Lipinski definition) is 6. The molecule has 0 aliphatic carbocycles. The first kappa shape index (κ1) is 18.4. The van der Waals surface area contributed by atoms with Gasteiger partial charge in [-0.25, -0.2) is 4.98 Å². The number of aromatic nitrogens is 3. The van der Waals surface area contributed by atoms with Crippen LogP contribution in [0.15, 0.2) is 18.2 Å². The van der Waals surface area contributed by atoms with E-state index < -0.39 is 17.5 Å². The molecule has 2 aromatic rings. The predicted octanol–water partition coefficient (Wildman–Crippen LogP) is 3.55. The normalized spacial score (nSPS) is 17.9. The van der Waals surface area contributed by atoms with Crippen molar-refractivity contribution < 1.29 is 23.0 Å². The molecule has 0 spiro atoms. The highest BCUT2D eigenvalue weighted by Crippen LogP contribution is 2.36. The summed E-state index contributed by atoms with van der Waals surface area (Å²) in [6, 6.07) is 2.73. The fraction of sp³-hybridized carbons (Fsp3) is 0.471. The molecule has 1 aromatic carbocycles. The van der Waals surface area contributed by atoms with Crippen molar-refractivity contribution in [1.82, 2.24) is 15.2 Å². The van der Waals surface area contributed by atoms with E-state index in [4.69, 9.17) is 4.74 Å². The lowest BCUT2D eigenvalue weighted by Gasteiger charge is -2.22. The van der Waals surface area contributed by atoms with Crippen molar-refractivity contribution in [3.8, 4) is 17.0 Å². The Morgan fingerprint density at radius 1 is 1.27 bits per heavy atom. The van der Waals surface area contributed by atoms with Gasteiger partial charge >= 0.3 is 6.18 Å². The molecular weight excluding hydrogens is 349 g/mol. The number of ether oxygens (including phenoxy) is 1. The highest BCUT2D eigenvalue weighted by molar-refractivity contribution is 5.69. The Hall–Kier alpha value is -2.42. The molecule has 3 rings (SSSR count). The van der Waals surface area contributed by atoms with Gasteiger partial charge in [-0.15, -0.1) is 10.2 Å². The summed E-state index contributed by atoms with van der Waals surface area (Å²) in [6.07, 6.45) is -1.26. The van der Waals surface area contributed by atoms with Crippen LogP contribution in [0, 0.1) is 6.92 Å². The van der Waals surface area contributed by atoms with Gasteiger partial charge in [0.25, 0.3) is 0 Å². The molecule has 26 heavy (non-hydrogen) atoms. The summed E-state index contributed by atoms with van der Waals surface area (Å²) in [5, 5.41) is 21.0. The van der Waals surface area contributed by atoms with Crippen LogP contribution >= 0.6 is 0 Å². The number of rotatable bonds is 4. The number of nitrogens with zero attached hydrogens (tertiary/aromatic N) is 3. The number of aromatic hydroxyl groups is 1. The molecule has 1 unspecified atom stereocenters. The summed E-state index contributed by atoms with van der Waals surface area (Å²) in [6.45, 7) is 2.96. The van der Waals surface area contributed by atoms with E-state index in [2.05, 4.69) is 20.5 Å². The predicted molar refractivity (Wildman–Crippen MR) is 88.7 cm³/mol. The van der Waals surface area contributed by atoms with E-state index in [1.165, 1.54) is 6.07 Å². The van der Waals surface area contributed by atoms with Crippen LogP contribution in [0.25, 0.3) is 11.3 Å². The van der Waals surface area contributed by atoms with E-state index in [0.29, 0.717) is 24.3 Å². The van der Waals surface area contributed by atoms with Crippen molar-refractivity contribution in [1.29, 1.82) is 0 Å². The number of hydrogen-bond donors (Lipinski definition) is 2. The molecule has 0 bridgehead atoms. The fourth-order valence-corrected chi connectivity index (χ4v) is 2.81. The van der Waals surface area contributed by atoms with Crippen LogP contribution in [0.4, 0.5) is 19.1 Å². The number of aryl methyl sites for hydroxylation is 1. The molecule has 1 saturated heterocycles. The van der Waals surface area contributed by atoms with Gasteiger partial charge in [-0.2, -0.15) is 13.2 Å². The van der Waals surface area contributed by atoms with E-state index in [1.807, 2.05) is 0 Å². The lowest BCUT2D eigenvalue weighted by Crippen LogP contribution is -2.27. The van der Waals surface area contributed by atoms with Crippen LogP contribution < -0.4 is 5.32 Å². The molecule has 0 saturated carbocycles. The number of halogens is 3. The molecule has 9 heteroatoms. The van der Waals surface area contributed by atoms with E-state index >= 15 is 0 Å². The molecule has 1 atom stereocenters. The minimum Gasteiger partial charge on any atom is -0.507 e. The topological polar surface area (TPSA) is 80.2 Å². The Kier molecular flexibility index (Phi) is 5.26. The Balaban J connectivity index is 1.75. The molecule has 140 valence electrons. The first-order valence-corrected chi connectivity index (χ1v) is 8.32. The summed E-state index contributed by atoms with van der Waals surface area (Å²) < 4.78 is 43.7. The van der Waals surface area contributed by atoms with Gasteiger partial charge in [-0.3, -0.25) is 0 Å². The smallest absolute Gasteiger partial charge is 0.416 e. The third kappa shape index (κ3) is 4.21. The molecule has 2 heterocycles. The average Bonchev–Trinajstić information content (AvgIpc) is 2.60. The molecule has 0 amide bonds. The Morgan fingerprint density at radius 2 is 2.08 bits per heavy atom. The van der Waals surface area contributed by atoms with Crippen molar-refractivity contribution >= 4 is 5.95 Å². The summed E-state index contributed by atoms with van der Waals surface area (Å²) in [4.78, 5) is 4.27. The zero-order valence-electron chi connectivity index (χ0n) is 14.2. The lowest BCUT2D eigenvalue weighted by atomic mass is 10.1. The maximum Gasteiger partial charge on any atom is 0.416 e. The van der Waals surface area contributed by atoms with E-state index in [9.17, 15) is 18.3 Å². The number of phenolic OH excluding ortho intramolecular Hbond substituents is 1. The minimum absolute atomic E-state index is 0.103. The van der Waals surface area contributed by atoms with Crippen LogP contribution in [0.1, 0.15) is 30.5 Å². The molecular formula is C17H19F3N4O2. The van der Waals surface area contributed by atoms with Gasteiger partial charge in [0.15, 0.2) is 0 Å². The average molecular weight is 368 g/mol. The second-order valence-corrected chi connectivity index (χ2v) is 6.17. The molecule has 1 aliphatic heterocycles. The minimum atomic E-state index is -4.52. The van der Waals surface area contributed by atoms with Crippen molar-refractivity contribution in [3.05, 3.63) is 29.5 Å². The van der Waals surface area contributed by atoms with E-state index in [1.54, 1.807) is 6.92 Å². The van der Waals surface area contributed by atoms with Gasteiger partial charge in [0, 0.05) is 18.7 Å². The summed E-state index contributed by atoms with van der Waals surface area (Å²) >= 11 is 0. The zero-order valence-corrected chi connectivity index (χ0v) is 14.2.